The van der Waals surface area contributed by atoms with Crippen LogP contribution < -0.4 is 4.94 Å². The second-order valence-corrected chi connectivity index (χ2v) is 6.52. The molecule has 1 aromatic heterocycles. The molecular formula is C20H25F4NO4. The van der Waals surface area contributed by atoms with Gasteiger partial charge in [-0.2, -0.15) is 13.2 Å². The molecule has 2 aromatic rings. The molecule has 0 saturated carbocycles. The molecule has 162 valence electrons. The number of benzene rings is 1. The Balaban J connectivity index is 0.000000229. The average molecular weight is 419 g/mol. The van der Waals surface area contributed by atoms with Crippen molar-refractivity contribution in [2.45, 2.75) is 44.8 Å². The molecule has 2 heterocycles. The fraction of sp³-hybridized carbons (Fsp3) is 0.450. The highest BCUT2D eigenvalue weighted by Crippen LogP contribution is 2.28. The van der Waals surface area contributed by atoms with Gasteiger partial charge in [-0.25, -0.2) is 4.98 Å². The summed E-state index contributed by atoms with van der Waals surface area (Å²) in [5.41, 5.74) is -1.18. The van der Waals surface area contributed by atoms with E-state index in [1.165, 1.54) is 0 Å². The molecule has 3 rings (SSSR count). The monoisotopic (exact) mass is 419 g/mol. The predicted octanol–water partition coefficient (Wildman–Crippen LogP) is 4.20. The summed E-state index contributed by atoms with van der Waals surface area (Å²) < 4.78 is 52.3. The van der Waals surface area contributed by atoms with Crippen molar-refractivity contribution in [3.63, 3.8) is 0 Å². The van der Waals surface area contributed by atoms with Crippen LogP contribution in [0.1, 0.15) is 26.0 Å². The lowest BCUT2D eigenvalue weighted by Gasteiger charge is -2.34. The molecule has 0 bridgehead atoms. The number of alkyl halides is 3. The summed E-state index contributed by atoms with van der Waals surface area (Å²) in [7, 11) is 0. The molecule has 9 heteroatoms. The predicted molar refractivity (Wildman–Crippen MR) is 98.6 cm³/mol. The van der Waals surface area contributed by atoms with Gasteiger partial charge in [0.25, 0.3) is 5.88 Å². The van der Waals surface area contributed by atoms with Crippen LogP contribution in [0.4, 0.5) is 17.7 Å². The molecule has 1 aliphatic rings. The molecule has 1 fully saturated rings. The third-order valence-electron chi connectivity index (χ3n) is 3.87. The highest BCUT2D eigenvalue weighted by molar-refractivity contribution is 5.17. The van der Waals surface area contributed by atoms with Gasteiger partial charge in [-0.3, -0.25) is 4.94 Å². The fourth-order valence-electron chi connectivity index (χ4n) is 2.40. The van der Waals surface area contributed by atoms with Crippen molar-refractivity contribution in [3.8, 4) is 5.88 Å². The van der Waals surface area contributed by atoms with Gasteiger partial charge in [0.1, 0.15) is 11.8 Å². The Hall–Kier alpha value is -2.23. The SMILES string of the molecule is CC(C)C1OCCC(O)C1O.FOc1cccc(C(F)(F)F)n1.c1ccccc1. The number of hydrogen-bond donors (Lipinski definition) is 2. The first kappa shape index (κ1) is 24.8. The lowest BCUT2D eigenvalue weighted by molar-refractivity contribution is -0.149. The first-order valence-electron chi connectivity index (χ1n) is 8.97. The lowest BCUT2D eigenvalue weighted by atomic mass is 9.94. The van der Waals surface area contributed by atoms with Gasteiger partial charge in [0, 0.05) is 17.2 Å². The van der Waals surface area contributed by atoms with Gasteiger partial charge in [-0.15, -0.1) is 0 Å². The number of aromatic nitrogens is 1. The van der Waals surface area contributed by atoms with Crippen LogP contribution in [0.25, 0.3) is 0 Å². The van der Waals surface area contributed by atoms with Gasteiger partial charge < -0.3 is 14.9 Å². The maximum Gasteiger partial charge on any atom is 0.433 e. The van der Waals surface area contributed by atoms with E-state index in [0.29, 0.717) is 13.0 Å². The van der Waals surface area contributed by atoms with Crippen molar-refractivity contribution in [2.24, 2.45) is 5.92 Å². The van der Waals surface area contributed by atoms with Crippen LogP contribution in [-0.2, 0) is 10.9 Å². The van der Waals surface area contributed by atoms with Gasteiger partial charge in [-0.1, -0.05) is 56.3 Å². The molecular weight excluding hydrogens is 394 g/mol. The van der Waals surface area contributed by atoms with E-state index >= 15 is 0 Å². The molecule has 0 spiro atoms. The van der Waals surface area contributed by atoms with Crippen molar-refractivity contribution in [3.05, 3.63) is 60.3 Å². The van der Waals surface area contributed by atoms with E-state index in [1.54, 1.807) is 0 Å². The Morgan fingerprint density at radius 1 is 1.03 bits per heavy atom. The molecule has 3 unspecified atom stereocenters. The summed E-state index contributed by atoms with van der Waals surface area (Å²) in [5.74, 6) is -0.440. The van der Waals surface area contributed by atoms with Gasteiger partial charge >= 0.3 is 6.18 Å². The zero-order valence-corrected chi connectivity index (χ0v) is 16.1. The summed E-state index contributed by atoms with van der Waals surface area (Å²) in [4.78, 5) is 5.88. The molecule has 2 N–H and O–H groups in total. The minimum atomic E-state index is -4.57. The number of halogens is 4. The molecule has 1 saturated heterocycles. The molecule has 0 aliphatic carbocycles. The van der Waals surface area contributed by atoms with E-state index in [9.17, 15) is 27.9 Å². The maximum absolute atomic E-state index is 11.9. The molecule has 1 aliphatic heterocycles. The molecule has 29 heavy (non-hydrogen) atoms. The minimum Gasteiger partial charge on any atom is -0.390 e. The highest BCUT2D eigenvalue weighted by atomic mass is 19.4. The van der Waals surface area contributed by atoms with E-state index in [0.717, 1.165) is 18.2 Å². The Kier molecular flexibility index (Phi) is 10.6. The van der Waals surface area contributed by atoms with E-state index in [-0.39, 0.29) is 12.0 Å². The Labute approximate surface area is 166 Å². The zero-order chi connectivity index (χ0) is 21.9. The van der Waals surface area contributed by atoms with Crippen LogP contribution >= 0.6 is 0 Å². The van der Waals surface area contributed by atoms with Crippen LogP contribution in [0.2, 0.25) is 0 Å². The fourth-order valence-corrected chi connectivity index (χ4v) is 2.40. The van der Waals surface area contributed by atoms with E-state index in [1.807, 2.05) is 50.2 Å². The van der Waals surface area contributed by atoms with Crippen molar-refractivity contribution in [1.29, 1.82) is 0 Å². The van der Waals surface area contributed by atoms with Gasteiger partial charge in [-0.05, 0) is 18.4 Å². The summed E-state index contributed by atoms with van der Waals surface area (Å²) >= 11 is 0. The number of aliphatic hydroxyl groups is 2. The molecule has 3 atom stereocenters. The molecule has 0 radical (unpaired) electrons. The topological polar surface area (TPSA) is 71.8 Å². The molecule has 5 nitrogen and oxygen atoms in total. The first-order chi connectivity index (χ1) is 13.7. The standard InChI is InChI=1S/C8H16O3.C6H3F4NO.C6H6/c1-5(2)8-7(10)6(9)3-4-11-8;7-6(8,9)4-2-1-3-5(11-4)12-10;1-2-4-6-5-3-1/h5-10H,3-4H2,1-2H3;1-3H;1-6H. The Morgan fingerprint density at radius 3 is 2.00 bits per heavy atom. The Bertz CT molecular complexity index is 659. The van der Waals surface area contributed by atoms with Gasteiger partial charge in [0.05, 0.1) is 12.2 Å². The van der Waals surface area contributed by atoms with Crippen LogP contribution in [-0.4, -0.2) is 40.1 Å². The summed E-state index contributed by atoms with van der Waals surface area (Å²) in [6, 6.07) is 14.7. The number of pyridine rings is 1. The Morgan fingerprint density at radius 2 is 1.59 bits per heavy atom. The maximum atomic E-state index is 11.9. The number of rotatable bonds is 2. The number of ether oxygens (including phenoxy) is 1. The van der Waals surface area contributed by atoms with E-state index < -0.39 is 30.0 Å². The number of aliphatic hydroxyl groups excluding tert-OH is 2. The van der Waals surface area contributed by atoms with Crippen molar-refractivity contribution in [1.82, 2.24) is 4.98 Å². The van der Waals surface area contributed by atoms with Crippen LogP contribution in [0.15, 0.2) is 54.6 Å². The quantitative estimate of drug-likeness (QED) is 0.714. The van der Waals surface area contributed by atoms with Crippen molar-refractivity contribution < 1.29 is 37.6 Å². The molecule has 1 aromatic carbocycles. The van der Waals surface area contributed by atoms with Gasteiger partial charge in [0.15, 0.2) is 0 Å². The second kappa shape index (κ2) is 12.4. The van der Waals surface area contributed by atoms with E-state index in [4.69, 9.17) is 4.74 Å². The van der Waals surface area contributed by atoms with Gasteiger partial charge in [0.2, 0.25) is 0 Å². The first-order valence-corrected chi connectivity index (χ1v) is 8.97. The van der Waals surface area contributed by atoms with Crippen LogP contribution in [0, 0.1) is 5.92 Å². The largest absolute Gasteiger partial charge is 0.433 e. The van der Waals surface area contributed by atoms with Crippen molar-refractivity contribution >= 4 is 0 Å². The van der Waals surface area contributed by atoms with Crippen LogP contribution in [0.3, 0.4) is 0 Å². The lowest BCUT2D eigenvalue weighted by Crippen LogP contribution is -2.46. The van der Waals surface area contributed by atoms with Crippen molar-refractivity contribution in [2.75, 3.05) is 6.61 Å². The zero-order valence-electron chi connectivity index (χ0n) is 16.1. The minimum absolute atomic E-state index is 0.196. The normalized spacial score (nSPS) is 21.3. The third kappa shape index (κ3) is 9.21. The summed E-state index contributed by atoms with van der Waals surface area (Å²) in [6.07, 6.45) is -5.53. The van der Waals surface area contributed by atoms with E-state index in [2.05, 4.69) is 9.93 Å². The number of nitrogens with zero attached hydrogens (tertiary/aromatic N) is 1. The summed E-state index contributed by atoms with van der Waals surface area (Å²) in [6.45, 7) is 4.51. The number of hydrogen-bond acceptors (Lipinski definition) is 5. The average Bonchev–Trinajstić information content (AvgIpc) is 2.71. The third-order valence-corrected chi connectivity index (χ3v) is 3.87. The molecule has 0 amide bonds. The highest BCUT2D eigenvalue weighted by Gasteiger charge is 2.33. The summed E-state index contributed by atoms with van der Waals surface area (Å²) in [5, 5.41) is 18.7. The smallest absolute Gasteiger partial charge is 0.390 e. The van der Waals surface area contributed by atoms with Crippen LogP contribution in [0.5, 0.6) is 5.88 Å². The second-order valence-electron chi connectivity index (χ2n) is 6.52.